The van der Waals surface area contributed by atoms with Crippen LogP contribution >= 0.6 is 0 Å². The van der Waals surface area contributed by atoms with Crippen LogP contribution in [0.3, 0.4) is 0 Å². The van der Waals surface area contributed by atoms with Crippen molar-refractivity contribution >= 4 is 16.3 Å². The molecule has 0 saturated heterocycles. The SMILES string of the molecule is C=C(CCCC)c1cccc2c(-c3ccccc3)c(O)ccc12. The van der Waals surface area contributed by atoms with Crippen LogP contribution in [0.4, 0.5) is 0 Å². The number of phenolic OH excluding ortho intramolecular Hbond substituents is 1. The molecule has 0 unspecified atom stereocenters. The Hall–Kier alpha value is -2.54. The van der Waals surface area contributed by atoms with E-state index in [1.54, 1.807) is 6.07 Å². The van der Waals surface area contributed by atoms with E-state index in [1.165, 1.54) is 17.6 Å². The van der Waals surface area contributed by atoms with Gasteiger partial charge >= 0.3 is 0 Å². The molecular weight excluding hydrogens is 280 g/mol. The number of hydrogen-bond acceptors (Lipinski definition) is 1. The summed E-state index contributed by atoms with van der Waals surface area (Å²) < 4.78 is 0. The molecule has 0 fully saturated rings. The fourth-order valence-electron chi connectivity index (χ4n) is 3.09. The highest BCUT2D eigenvalue weighted by atomic mass is 16.3. The molecule has 0 aromatic heterocycles. The Labute approximate surface area is 137 Å². The Bertz CT molecular complexity index is 831. The van der Waals surface area contributed by atoms with Crippen LogP contribution in [0.25, 0.3) is 27.5 Å². The number of unbranched alkanes of at least 4 members (excludes halogenated alkanes) is 1. The Morgan fingerprint density at radius 3 is 2.43 bits per heavy atom. The fraction of sp³-hybridized carbons (Fsp3) is 0.182. The molecule has 3 rings (SSSR count). The monoisotopic (exact) mass is 302 g/mol. The molecule has 0 saturated carbocycles. The minimum Gasteiger partial charge on any atom is -0.507 e. The molecule has 0 aliphatic heterocycles. The first-order valence-corrected chi connectivity index (χ1v) is 8.20. The van der Waals surface area contributed by atoms with Crippen molar-refractivity contribution in [1.29, 1.82) is 0 Å². The Morgan fingerprint density at radius 1 is 0.913 bits per heavy atom. The average Bonchev–Trinajstić information content (AvgIpc) is 2.59. The first-order valence-electron chi connectivity index (χ1n) is 8.20. The molecule has 0 amide bonds. The summed E-state index contributed by atoms with van der Waals surface area (Å²) >= 11 is 0. The van der Waals surface area contributed by atoms with Gasteiger partial charge in [0.25, 0.3) is 0 Å². The summed E-state index contributed by atoms with van der Waals surface area (Å²) in [6, 6.07) is 20.1. The van der Waals surface area contributed by atoms with Crippen molar-refractivity contribution in [2.45, 2.75) is 26.2 Å². The smallest absolute Gasteiger partial charge is 0.124 e. The van der Waals surface area contributed by atoms with E-state index in [0.29, 0.717) is 5.75 Å². The Balaban J connectivity index is 2.19. The van der Waals surface area contributed by atoms with Gasteiger partial charge in [0.2, 0.25) is 0 Å². The number of benzene rings is 3. The highest BCUT2D eigenvalue weighted by molar-refractivity contribution is 6.04. The predicted octanol–water partition coefficient (Wildman–Crippen LogP) is 6.42. The highest BCUT2D eigenvalue weighted by Gasteiger charge is 2.12. The van der Waals surface area contributed by atoms with Crippen molar-refractivity contribution in [3.05, 3.63) is 72.8 Å². The maximum absolute atomic E-state index is 10.4. The summed E-state index contributed by atoms with van der Waals surface area (Å²) in [5, 5.41) is 12.6. The molecule has 3 aromatic rings. The molecule has 0 atom stereocenters. The van der Waals surface area contributed by atoms with Crippen LogP contribution in [-0.4, -0.2) is 5.11 Å². The van der Waals surface area contributed by atoms with Gasteiger partial charge in [0, 0.05) is 5.56 Å². The predicted molar refractivity (Wildman–Crippen MR) is 99.6 cm³/mol. The Kier molecular flexibility index (Phi) is 4.47. The van der Waals surface area contributed by atoms with Crippen molar-refractivity contribution in [2.75, 3.05) is 0 Å². The molecule has 1 nitrogen and oxygen atoms in total. The zero-order chi connectivity index (χ0) is 16.2. The molecule has 0 heterocycles. The van der Waals surface area contributed by atoms with Gasteiger partial charge in [0.05, 0.1) is 0 Å². The lowest BCUT2D eigenvalue weighted by Gasteiger charge is -2.14. The van der Waals surface area contributed by atoms with Gasteiger partial charge in [-0.2, -0.15) is 0 Å². The van der Waals surface area contributed by atoms with Crippen LogP contribution in [0.5, 0.6) is 5.75 Å². The number of fused-ring (bicyclic) bond motifs is 1. The third kappa shape index (κ3) is 3.00. The van der Waals surface area contributed by atoms with E-state index >= 15 is 0 Å². The van der Waals surface area contributed by atoms with E-state index in [0.717, 1.165) is 34.7 Å². The standard InChI is InChI=1S/C22H22O/c1-3-4-9-16(2)18-12-8-13-20-19(18)14-15-21(23)22(20)17-10-6-5-7-11-17/h5-8,10-15,23H,2-4,9H2,1H3. The van der Waals surface area contributed by atoms with Crippen molar-refractivity contribution in [1.82, 2.24) is 0 Å². The molecule has 23 heavy (non-hydrogen) atoms. The molecule has 116 valence electrons. The first-order chi connectivity index (χ1) is 11.2. The summed E-state index contributed by atoms with van der Waals surface area (Å²) in [5.74, 6) is 0.319. The summed E-state index contributed by atoms with van der Waals surface area (Å²) in [6.07, 6.45) is 3.33. The van der Waals surface area contributed by atoms with Crippen LogP contribution < -0.4 is 0 Å². The maximum Gasteiger partial charge on any atom is 0.124 e. The van der Waals surface area contributed by atoms with Gasteiger partial charge in [0.15, 0.2) is 0 Å². The lowest BCUT2D eigenvalue weighted by molar-refractivity contribution is 0.478. The second-order valence-electron chi connectivity index (χ2n) is 5.93. The lowest BCUT2D eigenvalue weighted by atomic mass is 9.91. The zero-order valence-electron chi connectivity index (χ0n) is 13.5. The third-order valence-corrected chi connectivity index (χ3v) is 4.31. The molecule has 0 aliphatic rings. The molecule has 3 aromatic carbocycles. The third-order valence-electron chi connectivity index (χ3n) is 4.31. The quantitative estimate of drug-likeness (QED) is 0.577. The van der Waals surface area contributed by atoms with Gasteiger partial charge in [-0.3, -0.25) is 0 Å². The van der Waals surface area contributed by atoms with Crippen molar-refractivity contribution in [3.8, 4) is 16.9 Å². The van der Waals surface area contributed by atoms with Gasteiger partial charge in [-0.1, -0.05) is 74.5 Å². The lowest BCUT2D eigenvalue weighted by Crippen LogP contribution is -1.89. The summed E-state index contributed by atoms with van der Waals surface area (Å²) in [5.41, 5.74) is 4.29. The van der Waals surface area contributed by atoms with Gasteiger partial charge in [-0.15, -0.1) is 0 Å². The highest BCUT2D eigenvalue weighted by Crippen LogP contribution is 2.39. The Morgan fingerprint density at radius 2 is 1.70 bits per heavy atom. The van der Waals surface area contributed by atoms with E-state index < -0.39 is 0 Å². The van der Waals surface area contributed by atoms with Crippen LogP contribution in [0.2, 0.25) is 0 Å². The number of rotatable bonds is 5. The molecule has 0 bridgehead atoms. The van der Waals surface area contributed by atoms with Gasteiger partial charge in [-0.25, -0.2) is 0 Å². The molecular formula is C22H22O. The zero-order valence-corrected chi connectivity index (χ0v) is 13.5. The van der Waals surface area contributed by atoms with Gasteiger partial charge in [0.1, 0.15) is 5.75 Å². The van der Waals surface area contributed by atoms with Crippen molar-refractivity contribution < 1.29 is 5.11 Å². The summed E-state index contributed by atoms with van der Waals surface area (Å²) in [4.78, 5) is 0. The van der Waals surface area contributed by atoms with Crippen molar-refractivity contribution in [2.24, 2.45) is 0 Å². The first kappa shape index (κ1) is 15.4. The van der Waals surface area contributed by atoms with E-state index in [4.69, 9.17) is 0 Å². The van der Waals surface area contributed by atoms with Crippen molar-refractivity contribution in [3.63, 3.8) is 0 Å². The van der Waals surface area contributed by atoms with Gasteiger partial charge < -0.3 is 5.11 Å². The normalized spacial score (nSPS) is 10.8. The summed E-state index contributed by atoms with van der Waals surface area (Å²) in [6.45, 7) is 6.47. The largest absolute Gasteiger partial charge is 0.507 e. The maximum atomic E-state index is 10.4. The topological polar surface area (TPSA) is 20.2 Å². The van der Waals surface area contributed by atoms with Crippen LogP contribution in [0.15, 0.2) is 67.2 Å². The average molecular weight is 302 g/mol. The van der Waals surface area contributed by atoms with Crippen LogP contribution in [0.1, 0.15) is 31.7 Å². The van der Waals surface area contributed by atoms with E-state index in [-0.39, 0.29) is 0 Å². The second kappa shape index (κ2) is 6.70. The summed E-state index contributed by atoms with van der Waals surface area (Å²) in [7, 11) is 0. The van der Waals surface area contributed by atoms with Crippen LogP contribution in [0, 0.1) is 0 Å². The molecule has 0 spiro atoms. The molecule has 0 radical (unpaired) electrons. The molecule has 1 N–H and O–H groups in total. The number of phenols is 1. The second-order valence-corrected chi connectivity index (χ2v) is 5.93. The van der Waals surface area contributed by atoms with E-state index in [9.17, 15) is 5.11 Å². The van der Waals surface area contributed by atoms with Crippen LogP contribution in [-0.2, 0) is 0 Å². The molecule has 1 heteroatoms. The fourth-order valence-corrected chi connectivity index (χ4v) is 3.09. The van der Waals surface area contributed by atoms with E-state index in [1.807, 2.05) is 36.4 Å². The number of hydrogen-bond donors (Lipinski definition) is 1. The number of allylic oxidation sites excluding steroid dienone is 1. The minimum atomic E-state index is 0.319. The minimum absolute atomic E-state index is 0.319. The van der Waals surface area contributed by atoms with Gasteiger partial charge in [-0.05, 0) is 46.4 Å². The number of aromatic hydroxyl groups is 1. The molecule has 0 aliphatic carbocycles. The van der Waals surface area contributed by atoms with E-state index in [2.05, 4.69) is 31.7 Å².